The lowest BCUT2D eigenvalue weighted by atomic mass is 10.2. The van der Waals surface area contributed by atoms with Gasteiger partial charge in [-0.05, 0) is 61.5 Å². The molecule has 1 fully saturated rings. The largest absolute Gasteiger partial charge is 0.353 e. The van der Waals surface area contributed by atoms with Gasteiger partial charge in [0.05, 0.1) is 17.1 Å². The number of aromatic amines is 1. The minimum Gasteiger partial charge on any atom is -0.353 e. The monoisotopic (exact) mass is 523 g/mol. The summed E-state index contributed by atoms with van der Waals surface area (Å²) in [6.07, 6.45) is -0.384. The Bertz CT molecular complexity index is 1380. The Kier molecular flexibility index (Phi) is 7.06. The van der Waals surface area contributed by atoms with Crippen molar-refractivity contribution in [2.24, 2.45) is 0 Å². The molecule has 1 amide bonds. The minimum atomic E-state index is -0.866. The Hall–Kier alpha value is -3.63. The first-order valence-corrected chi connectivity index (χ1v) is 12.5. The number of rotatable bonds is 7. The third-order valence-electron chi connectivity index (χ3n) is 5.55. The second kappa shape index (κ2) is 10.5. The van der Waals surface area contributed by atoms with Gasteiger partial charge in [0.2, 0.25) is 0 Å². The summed E-state index contributed by atoms with van der Waals surface area (Å²) in [5.41, 5.74) is 1.97. The van der Waals surface area contributed by atoms with Gasteiger partial charge in [-0.15, -0.1) is 0 Å². The first kappa shape index (κ1) is 24.1. The normalized spacial score (nSPS) is 15.2. The summed E-state index contributed by atoms with van der Waals surface area (Å²) in [7, 11) is 0. The van der Waals surface area contributed by atoms with Crippen LogP contribution in [0.2, 0.25) is 5.02 Å². The predicted octanol–water partition coefficient (Wildman–Crippen LogP) is 5.86. The average Bonchev–Trinajstić information content (AvgIpc) is 3.48. The molecule has 3 heterocycles. The van der Waals surface area contributed by atoms with E-state index in [-0.39, 0.29) is 5.91 Å². The van der Waals surface area contributed by atoms with Gasteiger partial charge in [-0.3, -0.25) is 9.89 Å². The second-order valence-electron chi connectivity index (χ2n) is 8.35. The number of hydrogen-bond donors (Lipinski definition) is 3. The van der Waals surface area contributed by atoms with Gasteiger partial charge >= 0.3 is 0 Å². The van der Waals surface area contributed by atoms with E-state index in [1.807, 2.05) is 30.0 Å². The smallest absolute Gasteiger partial charge is 0.257 e. The molecule has 3 N–H and O–H groups in total. The zero-order valence-electron chi connectivity index (χ0n) is 19.3. The van der Waals surface area contributed by atoms with Gasteiger partial charge in [-0.25, -0.2) is 14.4 Å². The molecule has 2 aromatic carbocycles. The van der Waals surface area contributed by atoms with Gasteiger partial charge < -0.3 is 15.5 Å². The Labute approximate surface area is 216 Å². The van der Waals surface area contributed by atoms with E-state index in [1.54, 1.807) is 42.5 Å². The molecule has 5 rings (SSSR count). The van der Waals surface area contributed by atoms with Crippen molar-refractivity contribution in [3.8, 4) is 0 Å². The molecule has 1 saturated heterocycles. The van der Waals surface area contributed by atoms with Gasteiger partial charge in [-0.2, -0.15) is 5.10 Å². The van der Waals surface area contributed by atoms with E-state index in [9.17, 15) is 9.18 Å². The molecule has 4 aromatic rings. The lowest BCUT2D eigenvalue weighted by molar-refractivity contribution is 0.102. The molecule has 8 nitrogen and oxygen atoms in total. The molecule has 2 aromatic heterocycles. The van der Waals surface area contributed by atoms with Crippen LogP contribution >= 0.6 is 23.4 Å². The van der Waals surface area contributed by atoms with E-state index in [4.69, 9.17) is 11.6 Å². The highest BCUT2D eigenvalue weighted by molar-refractivity contribution is 7.99. The van der Waals surface area contributed by atoms with Gasteiger partial charge in [0.1, 0.15) is 17.8 Å². The van der Waals surface area contributed by atoms with Crippen molar-refractivity contribution in [2.75, 3.05) is 28.6 Å². The number of anilines is 4. The number of nitrogens with zero attached hydrogens (tertiary/aromatic N) is 4. The second-order valence-corrected chi connectivity index (χ2v) is 9.80. The Balaban J connectivity index is 1.33. The average molecular weight is 524 g/mol. The molecule has 0 saturated carbocycles. The maximum Gasteiger partial charge on any atom is 0.257 e. The Morgan fingerprint density at radius 1 is 1.14 bits per heavy atom. The zero-order valence-corrected chi connectivity index (χ0v) is 20.9. The van der Waals surface area contributed by atoms with E-state index in [0.29, 0.717) is 58.4 Å². The molecular weight excluding hydrogens is 501 g/mol. The summed E-state index contributed by atoms with van der Waals surface area (Å²) < 4.78 is 13.9. The van der Waals surface area contributed by atoms with Crippen molar-refractivity contribution in [3.05, 3.63) is 76.9 Å². The van der Waals surface area contributed by atoms with Crippen LogP contribution in [0.3, 0.4) is 0 Å². The highest BCUT2D eigenvalue weighted by Gasteiger charge is 2.24. The fraction of sp³-hybridized carbons (Fsp3) is 0.200. The topological polar surface area (TPSA) is 98.8 Å². The quantitative estimate of drug-likeness (QED) is 0.261. The van der Waals surface area contributed by atoms with E-state index in [1.165, 1.54) is 11.8 Å². The maximum atomic E-state index is 13.9. The lowest BCUT2D eigenvalue weighted by Crippen LogP contribution is -2.21. The van der Waals surface area contributed by atoms with Crippen LogP contribution in [-0.2, 0) is 0 Å². The summed E-state index contributed by atoms with van der Waals surface area (Å²) >= 11 is 7.49. The number of aryl methyl sites for hydroxylation is 1. The third kappa shape index (κ3) is 5.77. The number of carbonyl (C=O) groups excluding carboxylic acids is 1. The molecule has 0 radical (unpaired) electrons. The molecule has 1 aliphatic rings. The van der Waals surface area contributed by atoms with Crippen LogP contribution in [-0.4, -0.2) is 45.3 Å². The number of alkyl halides is 1. The highest BCUT2D eigenvalue weighted by atomic mass is 35.5. The molecule has 0 spiro atoms. The highest BCUT2D eigenvalue weighted by Crippen LogP contribution is 2.31. The lowest BCUT2D eigenvalue weighted by Gasteiger charge is -2.18. The Morgan fingerprint density at radius 2 is 1.94 bits per heavy atom. The predicted molar refractivity (Wildman–Crippen MR) is 140 cm³/mol. The number of hydrogen-bond acceptors (Lipinski definition) is 7. The molecule has 11 heteroatoms. The molecule has 184 valence electrons. The van der Waals surface area contributed by atoms with Crippen molar-refractivity contribution in [1.29, 1.82) is 0 Å². The van der Waals surface area contributed by atoms with Crippen molar-refractivity contribution in [3.63, 3.8) is 0 Å². The van der Waals surface area contributed by atoms with E-state index < -0.39 is 6.17 Å². The van der Waals surface area contributed by atoms with Crippen LogP contribution < -0.4 is 15.5 Å². The molecule has 0 aliphatic carbocycles. The SMILES string of the molecule is Cc1cc(Nc2cc(N3CC[C@@H](F)C3)nc(Sc3ccc(NC(=O)c4ccccc4Cl)cc3)n2)n[nH]1. The van der Waals surface area contributed by atoms with Crippen molar-refractivity contribution < 1.29 is 9.18 Å². The molecule has 1 aliphatic heterocycles. The minimum absolute atomic E-state index is 0.280. The van der Waals surface area contributed by atoms with Crippen molar-refractivity contribution >= 4 is 52.4 Å². The summed E-state index contributed by atoms with van der Waals surface area (Å²) in [4.78, 5) is 24.6. The van der Waals surface area contributed by atoms with Crippen LogP contribution in [0.25, 0.3) is 0 Å². The first-order chi connectivity index (χ1) is 17.4. The van der Waals surface area contributed by atoms with Gasteiger partial charge in [0.25, 0.3) is 5.91 Å². The van der Waals surface area contributed by atoms with Gasteiger partial charge in [0.15, 0.2) is 11.0 Å². The van der Waals surface area contributed by atoms with Crippen LogP contribution in [0.5, 0.6) is 0 Å². The number of nitrogens with one attached hydrogen (secondary N) is 3. The van der Waals surface area contributed by atoms with Crippen LogP contribution in [0.4, 0.5) is 27.5 Å². The number of amides is 1. The third-order valence-corrected chi connectivity index (χ3v) is 6.75. The maximum absolute atomic E-state index is 13.9. The van der Waals surface area contributed by atoms with Gasteiger partial charge in [-0.1, -0.05) is 23.7 Å². The summed E-state index contributed by atoms with van der Waals surface area (Å²) in [5.74, 6) is 1.58. The first-order valence-electron chi connectivity index (χ1n) is 11.3. The zero-order chi connectivity index (χ0) is 25.1. The Morgan fingerprint density at radius 3 is 2.64 bits per heavy atom. The van der Waals surface area contributed by atoms with Crippen LogP contribution in [0, 0.1) is 6.92 Å². The summed E-state index contributed by atoms with van der Waals surface area (Å²) in [5, 5.41) is 14.0. The fourth-order valence-electron chi connectivity index (χ4n) is 3.78. The van der Waals surface area contributed by atoms with Gasteiger partial charge in [0, 0.05) is 35.0 Å². The molecule has 0 bridgehead atoms. The van der Waals surface area contributed by atoms with E-state index >= 15 is 0 Å². The standard InChI is InChI=1S/C25H23ClFN7OS/c1-15-12-22(33-32-15)29-21-13-23(34-11-10-16(27)14-34)31-25(30-21)36-18-8-6-17(7-9-18)28-24(35)19-4-2-3-5-20(19)26/h2-9,12-13,16H,10-11,14H2,1H3,(H,28,35)(H2,29,30,31,32,33)/t16-/m1/s1. The van der Waals surface area contributed by atoms with Crippen molar-refractivity contribution in [2.45, 2.75) is 29.6 Å². The van der Waals surface area contributed by atoms with Crippen LogP contribution in [0.1, 0.15) is 22.5 Å². The summed E-state index contributed by atoms with van der Waals surface area (Å²) in [6.45, 7) is 2.82. The number of aromatic nitrogens is 4. The number of benzene rings is 2. The number of carbonyl (C=O) groups is 1. The van der Waals surface area contributed by atoms with Crippen LogP contribution in [0.15, 0.2) is 70.7 Å². The molecule has 1 atom stereocenters. The van der Waals surface area contributed by atoms with E-state index in [0.717, 1.165) is 10.6 Å². The molecular formula is C25H23ClFN7OS. The molecule has 36 heavy (non-hydrogen) atoms. The number of halogens is 2. The van der Waals surface area contributed by atoms with Crippen molar-refractivity contribution in [1.82, 2.24) is 20.2 Å². The number of H-pyrrole nitrogens is 1. The fourth-order valence-corrected chi connectivity index (χ4v) is 4.77. The van der Waals surface area contributed by atoms with E-state index in [2.05, 4.69) is 30.8 Å². The summed E-state index contributed by atoms with van der Waals surface area (Å²) in [6, 6.07) is 17.9. The molecule has 0 unspecified atom stereocenters.